The Morgan fingerprint density at radius 1 is 1.10 bits per heavy atom. The van der Waals surface area contributed by atoms with Crippen molar-refractivity contribution in [2.75, 3.05) is 13.7 Å². The van der Waals surface area contributed by atoms with Gasteiger partial charge in [0.2, 0.25) is 0 Å². The Kier molecular flexibility index (Phi) is 8.85. The van der Waals surface area contributed by atoms with Gasteiger partial charge in [0.25, 0.3) is 0 Å². The van der Waals surface area contributed by atoms with E-state index in [4.69, 9.17) is 4.84 Å². The lowest BCUT2D eigenvalue weighted by molar-refractivity contribution is 0.0904. The van der Waals surface area contributed by atoms with Gasteiger partial charge < -0.3 is 4.84 Å². The zero-order valence-electron chi connectivity index (χ0n) is 7.15. The molecule has 2 nitrogen and oxygen atoms in total. The van der Waals surface area contributed by atoms with Crippen molar-refractivity contribution in [2.45, 2.75) is 39.0 Å². The molecule has 0 bridgehead atoms. The van der Waals surface area contributed by atoms with E-state index in [0.29, 0.717) is 0 Å². The maximum absolute atomic E-state index is 4.70. The first-order valence-corrected chi connectivity index (χ1v) is 4.17. The van der Waals surface area contributed by atoms with Crippen LogP contribution in [0.1, 0.15) is 39.0 Å². The molecule has 0 aromatic heterocycles. The van der Waals surface area contributed by atoms with Crippen molar-refractivity contribution in [3.63, 3.8) is 0 Å². The fourth-order valence-corrected chi connectivity index (χ4v) is 0.903. The molecule has 0 saturated carbocycles. The van der Waals surface area contributed by atoms with Crippen LogP contribution in [0.5, 0.6) is 0 Å². The number of hydrogen-bond acceptors (Lipinski definition) is 2. The van der Waals surface area contributed by atoms with E-state index in [1.807, 2.05) is 0 Å². The first kappa shape index (κ1) is 9.92. The van der Waals surface area contributed by atoms with Crippen LogP contribution in [-0.4, -0.2) is 13.7 Å². The third-order valence-corrected chi connectivity index (χ3v) is 1.53. The van der Waals surface area contributed by atoms with Crippen LogP contribution in [0.25, 0.3) is 0 Å². The zero-order chi connectivity index (χ0) is 7.66. The highest BCUT2D eigenvalue weighted by molar-refractivity contribution is 4.42. The van der Waals surface area contributed by atoms with Gasteiger partial charge in [0.15, 0.2) is 0 Å². The van der Waals surface area contributed by atoms with Crippen LogP contribution in [0, 0.1) is 0 Å². The van der Waals surface area contributed by atoms with Gasteiger partial charge in [-0.1, -0.05) is 32.6 Å². The standard InChI is InChI=1S/C8H19NO/c1-3-4-5-6-7-8-9-10-2/h9H,3-8H2,1-2H3. The second-order valence-corrected chi connectivity index (χ2v) is 2.51. The summed E-state index contributed by atoms with van der Waals surface area (Å²) in [6, 6.07) is 0. The van der Waals surface area contributed by atoms with E-state index >= 15 is 0 Å². The van der Waals surface area contributed by atoms with Crippen molar-refractivity contribution in [1.82, 2.24) is 5.48 Å². The Morgan fingerprint density at radius 3 is 2.40 bits per heavy atom. The smallest absolute Gasteiger partial charge is 0.0572 e. The van der Waals surface area contributed by atoms with E-state index in [1.54, 1.807) is 7.11 Å². The lowest BCUT2D eigenvalue weighted by atomic mass is 10.2. The van der Waals surface area contributed by atoms with Crippen molar-refractivity contribution in [2.24, 2.45) is 0 Å². The maximum atomic E-state index is 4.70. The van der Waals surface area contributed by atoms with Gasteiger partial charge in [-0.2, -0.15) is 0 Å². The summed E-state index contributed by atoms with van der Waals surface area (Å²) in [5.41, 5.74) is 2.83. The van der Waals surface area contributed by atoms with Gasteiger partial charge in [0.05, 0.1) is 7.11 Å². The highest BCUT2D eigenvalue weighted by atomic mass is 16.6. The lowest BCUT2D eigenvalue weighted by Crippen LogP contribution is -2.12. The van der Waals surface area contributed by atoms with Gasteiger partial charge in [0, 0.05) is 6.54 Å². The molecule has 2 heteroatoms. The minimum absolute atomic E-state index is 0.986. The van der Waals surface area contributed by atoms with Crippen molar-refractivity contribution in [3.8, 4) is 0 Å². The van der Waals surface area contributed by atoms with Gasteiger partial charge in [-0.05, 0) is 6.42 Å². The normalized spacial score (nSPS) is 10.2. The Bertz CT molecular complexity index is 49.2. The van der Waals surface area contributed by atoms with Crippen molar-refractivity contribution >= 4 is 0 Å². The molecule has 0 fully saturated rings. The molecule has 0 rings (SSSR count). The second-order valence-electron chi connectivity index (χ2n) is 2.51. The predicted molar refractivity (Wildman–Crippen MR) is 43.8 cm³/mol. The molecule has 0 heterocycles. The molecule has 0 saturated heterocycles. The van der Waals surface area contributed by atoms with Gasteiger partial charge >= 0.3 is 0 Å². The molecule has 0 spiro atoms. The average molecular weight is 145 g/mol. The summed E-state index contributed by atoms with van der Waals surface area (Å²) < 4.78 is 0. The van der Waals surface area contributed by atoms with E-state index in [1.165, 1.54) is 32.1 Å². The van der Waals surface area contributed by atoms with Crippen LogP contribution in [0.2, 0.25) is 0 Å². The zero-order valence-corrected chi connectivity index (χ0v) is 7.15. The van der Waals surface area contributed by atoms with Crippen LogP contribution < -0.4 is 5.48 Å². The highest BCUT2D eigenvalue weighted by Gasteiger charge is 1.86. The number of unbranched alkanes of at least 4 members (excludes halogenated alkanes) is 4. The number of nitrogens with one attached hydrogen (secondary N) is 1. The van der Waals surface area contributed by atoms with Crippen LogP contribution in [0.4, 0.5) is 0 Å². The van der Waals surface area contributed by atoms with Gasteiger partial charge in [-0.3, -0.25) is 0 Å². The topological polar surface area (TPSA) is 21.3 Å². The summed E-state index contributed by atoms with van der Waals surface area (Å²) in [5, 5.41) is 0. The van der Waals surface area contributed by atoms with Crippen LogP contribution >= 0.6 is 0 Å². The molecule has 0 aromatic carbocycles. The van der Waals surface area contributed by atoms with Gasteiger partial charge in [-0.25, -0.2) is 5.48 Å². The van der Waals surface area contributed by atoms with Gasteiger partial charge in [0.1, 0.15) is 0 Å². The quantitative estimate of drug-likeness (QED) is 0.437. The summed E-state index contributed by atoms with van der Waals surface area (Å²) in [7, 11) is 1.66. The Morgan fingerprint density at radius 2 is 1.80 bits per heavy atom. The Balaban J connectivity index is 2.65. The highest BCUT2D eigenvalue weighted by Crippen LogP contribution is 2.00. The predicted octanol–water partition coefficient (Wildman–Crippen LogP) is 2.11. The SMILES string of the molecule is CCCCCCCNOC. The summed E-state index contributed by atoms with van der Waals surface area (Å²) in [5.74, 6) is 0. The second kappa shape index (κ2) is 8.92. The number of hydroxylamine groups is 1. The summed E-state index contributed by atoms with van der Waals surface area (Å²) in [6.45, 7) is 3.22. The first-order valence-electron chi connectivity index (χ1n) is 4.17. The van der Waals surface area contributed by atoms with Crippen LogP contribution in [0.15, 0.2) is 0 Å². The molecular formula is C8H19NO. The van der Waals surface area contributed by atoms with Crippen LogP contribution in [0.3, 0.4) is 0 Å². The molecule has 0 aliphatic rings. The maximum Gasteiger partial charge on any atom is 0.0572 e. The Labute approximate surface area is 63.9 Å². The van der Waals surface area contributed by atoms with E-state index in [0.717, 1.165) is 6.54 Å². The minimum Gasteiger partial charge on any atom is -0.305 e. The molecule has 10 heavy (non-hydrogen) atoms. The number of rotatable bonds is 7. The monoisotopic (exact) mass is 145 g/mol. The molecule has 0 aliphatic heterocycles. The van der Waals surface area contributed by atoms with Crippen molar-refractivity contribution in [1.29, 1.82) is 0 Å². The number of hydrogen-bond donors (Lipinski definition) is 1. The fourth-order valence-electron chi connectivity index (χ4n) is 0.903. The lowest BCUT2D eigenvalue weighted by Gasteiger charge is -2.00. The van der Waals surface area contributed by atoms with E-state index in [9.17, 15) is 0 Å². The molecule has 0 amide bonds. The summed E-state index contributed by atoms with van der Waals surface area (Å²) in [4.78, 5) is 4.70. The largest absolute Gasteiger partial charge is 0.305 e. The first-order chi connectivity index (χ1) is 4.91. The summed E-state index contributed by atoms with van der Waals surface area (Å²) >= 11 is 0. The van der Waals surface area contributed by atoms with Gasteiger partial charge in [-0.15, -0.1) is 0 Å². The van der Waals surface area contributed by atoms with Crippen molar-refractivity contribution in [3.05, 3.63) is 0 Å². The molecule has 0 radical (unpaired) electrons. The molecule has 1 N–H and O–H groups in total. The van der Waals surface area contributed by atoms with Crippen molar-refractivity contribution < 1.29 is 4.84 Å². The van der Waals surface area contributed by atoms with E-state index in [2.05, 4.69) is 12.4 Å². The molecule has 62 valence electrons. The molecule has 0 unspecified atom stereocenters. The summed E-state index contributed by atoms with van der Waals surface area (Å²) in [6.07, 6.45) is 6.60. The van der Waals surface area contributed by atoms with E-state index in [-0.39, 0.29) is 0 Å². The molecule has 0 aliphatic carbocycles. The van der Waals surface area contributed by atoms with Crippen LogP contribution in [-0.2, 0) is 4.84 Å². The average Bonchev–Trinajstić information content (AvgIpc) is 1.97. The molecular weight excluding hydrogens is 126 g/mol. The minimum atomic E-state index is 0.986. The fraction of sp³-hybridized carbons (Fsp3) is 1.00. The molecule has 0 atom stereocenters. The third-order valence-electron chi connectivity index (χ3n) is 1.53. The third kappa shape index (κ3) is 7.92. The molecule has 0 aromatic rings. The Hall–Kier alpha value is -0.0800. The van der Waals surface area contributed by atoms with E-state index < -0.39 is 0 Å².